The average Bonchev–Trinajstić information content (AvgIpc) is 3.10. The molecule has 5 heteroatoms. The van der Waals surface area contributed by atoms with Crippen molar-refractivity contribution in [1.29, 1.82) is 0 Å². The summed E-state index contributed by atoms with van der Waals surface area (Å²) >= 11 is 1.67. The summed E-state index contributed by atoms with van der Waals surface area (Å²) in [7, 11) is 2.16. The highest BCUT2D eigenvalue weighted by Gasteiger charge is 2.17. The van der Waals surface area contributed by atoms with Crippen molar-refractivity contribution in [2.45, 2.75) is 38.8 Å². The van der Waals surface area contributed by atoms with Crippen molar-refractivity contribution in [3.05, 3.63) is 29.0 Å². The van der Waals surface area contributed by atoms with Crippen LogP contribution in [0.2, 0.25) is 0 Å². The molecule has 2 aromatic rings. The second-order valence-corrected chi connectivity index (χ2v) is 6.79. The summed E-state index contributed by atoms with van der Waals surface area (Å²) in [4.78, 5) is 8.10. The van der Waals surface area contributed by atoms with Crippen LogP contribution in [0.15, 0.2) is 21.9 Å². The predicted molar refractivity (Wildman–Crippen MR) is 86.5 cm³/mol. The Bertz CT molecular complexity index is 558. The van der Waals surface area contributed by atoms with Gasteiger partial charge in [-0.25, -0.2) is 4.98 Å². The number of aryl methyl sites for hydroxylation is 1. The molecule has 21 heavy (non-hydrogen) atoms. The van der Waals surface area contributed by atoms with Crippen molar-refractivity contribution in [2.24, 2.45) is 0 Å². The van der Waals surface area contributed by atoms with Gasteiger partial charge in [-0.1, -0.05) is 12.5 Å². The molecule has 0 saturated carbocycles. The van der Waals surface area contributed by atoms with Gasteiger partial charge in [0.2, 0.25) is 5.89 Å². The van der Waals surface area contributed by atoms with Gasteiger partial charge in [-0.05, 0) is 44.8 Å². The van der Waals surface area contributed by atoms with Crippen molar-refractivity contribution in [3.8, 4) is 10.8 Å². The average molecular weight is 305 g/mol. The minimum Gasteiger partial charge on any atom is -0.440 e. The van der Waals surface area contributed by atoms with E-state index < -0.39 is 0 Å². The summed E-state index contributed by atoms with van der Waals surface area (Å²) in [6.07, 6.45) is 3.94. The molecule has 0 radical (unpaired) electrons. The topological polar surface area (TPSA) is 41.3 Å². The lowest BCUT2D eigenvalue weighted by Crippen LogP contribution is -2.42. The predicted octanol–water partition coefficient (Wildman–Crippen LogP) is 3.29. The molecule has 1 N–H and O–H groups in total. The van der Waals surface area contributed by atoms with Gasteiger partial charge < -0.3 is 9.73 Å². The van der Waals surface area contributed by atoms with Crippen molar-refractivity contribution < 1.29 is 4.42 Å². The summed E-state index contributed by atoms with van der Waals surface area (Å²) < 4.78 is 5.81. The number of hydrogen-bond acceptors (Lipinski definition) is 5. The summed E-state index contributed by atoms with van der Waals surface area (Å²) in [5.74, 6) is 1.68. The third kappa shape index (κ3) is 3.73. The van der Waals surface area contributed by atoms with E-state index in [9.17, 15) is 0 Å². The fourth-order valence-corrected chi connectivity index (χ4v) is 3.51. The smallest absolute Gasteiger partial charge is 0.236 e. The second-order valence-electron chi connectivity index (χ2n) is 5.84. The van der Waals surface area contributed by atoms with Crippen LogP contribution in [0.4, 0.5) is 0 Å². The zero-order chi connectivity index (χ0) is 14.7. The zero-order valence-electron chi connectivity index (χ0n) is 12.8. The number of thiophene rings is 1. The molecule has 1 fully saturated rings. The van der Waals surface area contributed by atoms with Crippen molar-refractivity contribution in [3.63, 3.8) is 0 Å². The van der Waals surface area contributed by atoms with Crippen molar-refractivity contribution >= 4 is 11.3 Å². The molecule has 0 amide bonds. The van der Waals surface area contributed by atoms with Crippen LogP contribution in [-0.4, -0.2) is 36.1 Å². The van der Waals surface area contributed by atoms with Gasteiger partial charge in [-0.3, -0.25) is 4.90 Å². The van der Waals surface area contributed by atoms with Crippen LogP contribution in [0.25, 0.3) is 10.8 Å². The fraction of sp³-hybridized carbons (Fsp3) is 0.562. The van der Waals surface area contributed by atoms with E-state index in [-0.39, 0.29) is 0 Å². The van der Waals surface area contributed by atoms with Crippen LogP contribution < -0.4 is 5.32 Å². The van der Waals surface area contributed by atoms with Gasteiger partial charge in [0.1, 0.15) is 5.76 Å². The molecule has 0 aromatic carbocycles. The quantitative estimate of drug-likeness (QED) is 0.920. The lowest BCUT2D eigenvalue weighted by Gasteiger charge is -2.27. The first-order valence-electron chi connectivity index (χ1n) is 7.64. The highest BCUT2D eigenvalue weighted by atomic mass is 32.1. The highest BCUT2D eigenvalue weighted by Crippen LogP contribution is 2.26. The van der Waals surface area contributed by atoms with Gasteiger partial charge in [0.05, 0.1) is 10.6 Å². The molecule has 0 bridgehead atoms. The Morgan fingerprint density at radius 1 is 1.48 bits per heavy atom. The number of nitrogens with zero attached hydrogens (tertiary/aromatic N) is 2. The Kier molecular flexibility index (Phi) is 4.73. The first-order chi connectivity index (χ1) is 10.2. The molecule has 0 aliphatic carbocycles. The molecule has 3 heterocycles. The summed E-state index contributed by atoms with van der Waals surface area (Å²) in [6, 6.07) is 4.70. The van der Waals surface area contributed by atoms with Gasteiger partial charge in [0, 0.05) is 19.1 Å². The molecule has 0 spiro atoms. The maximum atomic E-state index is 5.81. The first kappa shape index (κ1) is 14.8. The lowest BCUT2D eigenvalue weighted by atomic mass is 10.0. The molecule has 3 rings (SSSR count). The van der Waals surface area contributed by atoms with E-state index in [0.717, 1.165) is 41.9 Å². The van der Waals surface area contributed by atoms with Gasteiger partial charge in [0.25, 0.3) is 0 Å². The van der Waals surface area contributed by atoms with Crippen molar-refractivity contribution in [2.75, 3.05) is 20.1 Å². The number of rotatable bonds is 5. The summed E-state index contributed by atoms with van der Waals surface area (Å²) in [5.41, 5.74) is 1.05. The number of hydrogen-bond donors (Lipinski definition) is 1. The Balaban J connectivity index is 1.61. The number of oxazole rings is 1. The molecule has 1 aliphatic heterocycles. The van der Waals surface area contributed by atoms with E-state index in [2.05, 4.69) is 33.7 Å². The molecule has 114 valence electrons. The number of aromatic nitrogens is 1. The highest BCUT2D eigenvalue weighted by molar-refractivity contribution is 7.13. The van der Waals surface area contributed by atoms with E-state index in [1.54, 1.807) is 11.3 Å². The van der Waals surface area contributed by atoms with Crippen molar-refractivity contribution in [1.82, 2.24) is 15.2 Å². The van der Waals surface area contributed by atoms with E-state index in [4.69, 9.17) is 4.42 Å². The Morgan fingerprint density at radius 2 is 2.38 bits per heavy atom. The number of piperidine rings is 1. The van der Waals surface area contributed by atoms with E-state index in [1.165, 1.54) is 19.3 Å². The van der Waals surface area contributed by atoms with E-state index in [0.29, 0.717) is 6.04 Å². The largest absolute Gasteiger partial charge is 0.440 e. The third-order valence-electron chi connectivity index (χ3n) is 3.99. The summed E-state index contributed by atoms with van der Waals surface area (Å²) in [5, 5.41) is 5.65. The minimum absolute atomic E-state index is 0.618. The SMILES string of the molecule is Cc1oc(-c2cccs2)nc1CN(C)CC1CCCCN1. The lowest BCUT2D eigenvalue weighted by molar-refractivity contribution is 0.253. The zero-order valence-corrected chi connectivity index (χ0v) is 13.6. The van der Waals surface area contributed by atoms with Crippen LogP contribution in [0.1, 0.15) is 30.7 Å². The third-order valence-corrected chi connectivity index (χ3v) is 4.85. The second kappa shape index (κ2) is 6.73. The van der Waals surface area contributed by atoms with Gasteiger partial charge in [-0.2, -0.15) is 0 Å². The number of likely N-dealkylation sites (N-methyl/N-ethyl adjacent to an activating group) is 1. The molecule has 4 nitrogen and oxygen atoms in total. The molecular weight excluding hydrogens is 282 g/mol. The van der Waals surface area contributed by atoms with Crippen LogP contribution in [-0.2, 0) is 6.54 Å². The molecule has 1 saturated heterocycles. The van der Waals surface area contributed by atoms with Crippen LogP contribution >= 0.6 is 11.3 Å². The molecule has 1 unspecified atom stereocenters. The molecule has 1 aliphatic rings. The van der Waals surface area contributed by atoms with Gasteiger partial charge >= 0.3 is 0 Å². The molecule has 1 atom stereocenters. The van der Waals surface area contributed by atoms with Crippen LogP contribution in [0, 0.1) is 6.92 Å². The standard InChI is InChI=1S/C16H23N3OS/c1-12-14(18-16(20-12)15-7-5-9-21-15)11-19(2)10-13-6-3-4-8-17-13/h5,7,9,13,17H,3-4,6,8,10-11H2,1-2H3. The van der Waals surface area contributed by atoms with E-state index >= 15 is 0 Å². The Hall–Kier alpha value is -1.17. The number of nitrogens with one attached hydrogen (secondary N) is 1. The van der Waals surface area contributed by atoms with Crippen LogP contribution in [0.3, 0.4) is 0 Å². The van der Waals surface area contributed by atoms with Gasteiger partial charge in [0.15, 0.2) is 0 Å². The maximum absolute atomic E-state index is 5.81. The maximum Gasteiger partial charge on any atom is 0.236 e. The molecule has 2 aromatic heterocycles. The monoisotopic (exact) mass is 305 g/mol. The minimum atomic E-state index is 0.618. The summed E-state index contributed by atoms with van der Waals surface area (Å²) in [6.45, 7) is 5.08. The normalized spacial score (nSPS) is 19.3. The Morgan fingerprint density at radius 3 is 3.10 bits per heavy atom. The van der Waals surface area contributed by atoms with Gasteiger partial charge in [-0.15, -0.1) is 11.3 Å². The fourth-order valence-electron chi connectivity index (χ4n) is 2.86. The van der Waals surface area contributed by atoms with Crippen LogP contribution in [0.5, 0.6) is 0 Å². The first-order valence-corrected chi connectivity index (χ1v) is 8.52. The Labute approximate surface area is 130 Å². The molecular formula is C16H23N3OS. The van der Waals surface area contributed by atoms with E-state index in [1.807, 2.05) is 13.0 Å².